The Morgan fingerprint density at radius 2 is 1.63 bits per heavy atom. The number of phenols is 1. The maximum absolute atomic E-state index is 14.1. The highest BCUT2D eigenvalue weighted by Gasteiger charge is 2.37. The van der Waals surface area contributed by atoms with Gasteiger partial charge in [0.25, 0.3) is 11.8 Å². The number of phenolic OH excluding ortho intramolecular Hbond substituents is 1. The van der Waals surface area contributed by atoms with Crippen LogP contribution in [0.5, 0.6) is 5.75 Å². The second kappa shape index (κ2) is 16.8. The van der Waals surface area contributed by atoms with Gasteiger partial charge < -0.3 is 29.9 Å². The van der Waals surface area contributed by atoms with E-state index < -0.39 is 18.1 Å². The van der Waals surface area contributed by atoms with Crippen molar-refractivity contribution in [2.24, 2.45) is 0 Å². The molecule has 0 aromatic heterocycles. The summed E-state index contributed by atoms with van der Waals surface area (Å²) >= 11 is 0. The Morgan fingerprint density at radius 3 is 2.33 bits per heavy atom. The van der Waals surface area contributed by atoms with Gasteiger partial charge in [0, 0.05) is 88.7 Å². The number of fused-ring (bicyclic) bond motifs is 1. The largest absolute Gasteiger partial charge is 0.508 e. The molecule has 4 N–H and O–H groups in total. The van der Waals surface area contributed by atoms with Crippen LogP contribution in [0.25, 0.3) is 6.08 Å². The monoisotopic (exact) mass is 715 g/mol. The average Bonchev–Trinajstić information content (AvgIpc) is 3.33. The molecular formula is C37H50BN7O7. The number of nitrogens with one attached hydrogen (secondary N) is 2. The second-order valence-electron chi connectivity index (χ2n) is 14.3. The number of piperazine rings is 1. The number of carbonyl (C=O) groups is 4. The summed E-state index contributed by atoms with van der Waals surface area (Å²) in [5.41, 5.74) is 5.58. The molecule has 3 fully saturated rings. The summed E-state index contributed by atoms with van der Waals surface area (Å²) in [6, 6.07) is 11.6. The summed E-state index contributed by atoms with van der Waals surface area (Å²) in [5.74, 6) is -0.534. The van der Waals surface area contributed by atoms with Crippen LogP contribution in [0.2, 0.25) is 0 Å². The molecule has 4 aliphatic heterocycles. The van der Waals surface area contributed by atoms with Crippen molar-refractivity contribution >= 4 is 49.0 Å². The fraction of sp³-hybridized carbons (Fsp3) is 0.514. The summed E-state index contributed by atoms with van der Waals surface area (Å²) in [4.78, 5) is 62.2. The number of anilines is 1. The average molecular weight is 716 g/mol. The lowest BCUT2D eigenvalue weighted by Gasteiger charge is -2.43. The lowest BCUT2D eigenvalue weighted by Crippen LogP contribution is -2.56. The van der Waals surface area contributed by atoms with Crippen LogP contribution in [-0.4, -0.2) is 150 Å². The van der Waals surface area contributed by atoms with Gasteiger partial charge in [0.05, 0.1) is 6.54 Å². The summed E-state index contributed by atoms with van der Waals surface area (Å²) < 4.78 is 6.06. The lowest BCUT2D eigenvalue weighted by molar-refractivity contribution is -0.142. The highest BCUT2D eigenvalue weighted by atomic mass is 16.6. The van der Waals surface area contributed by atoms with E-state index in [0.29, 0.717) is 62.6 Å². The van der Waals surface area contributed by atoms with Crippen LogP contribution < -0.4 is 16.3 Å². The summed E-state index contributed by atoms with van der Waals surface area (Å²) in [5, 5.41) is 22.4. The molecule has 0 saturated carbocycles. The zero-order chi connectivity index (χ0) is 36.8. The smallest absolute Gasteiger partial charge is 0.410 e. The number of hydroxylamine groups is 1. The third kappa shape index (κ3) is 8.71. The second-order valence-corrected chi connectivity index (χ2v) is 14.3. The maximum atomic E-state index is 14.1. The van der Waals surface area contributed by atoms with Crippen molar-refractivity contribution in [3.8, 4) is 5.75 Å². The minimum atomic E-state index is -1.06. The van der Waals surface area contributed by atoms with Crippen LogP contribution in [0.1, 0.15) is 42.4 Å². The number of hydrogen-bond acceptors (Lipinski definition) is 9. The summed E-state index contributed by atoms with van der Waals surface area (Å²) in [6.07, 6.45) is 3.64. The molecule has 0 spiro atoms. The first-order chi connectivity index (χ1) is 25.1. The fourth-order valence-corrected chi connectivity index (χ4v) is 8.03. The van der Waals surface area contributed by atoms with Gasteiger partial charge in [0.1, 0.15) is 13.6 Å². The van der Waals surface area contributed by atoms with Crippen molar-refractivity contribution in [2.75, 3.05) is 70.8 Å². The number of urea groups is 1. The molecule has 15 heteroatoms. The first kappa shape index (κ1) is 37.2. The van der Waals surface area contributed by atoms with E-state index in [2.05, 4.69) is 16.8 Å². The van der Waals surface area contributed by atoms with Crippen molar-refractivity contribution < 1.29 is 34.2 Å². The first-order valence-corrected chi connectivity index (χ1v) is 18.4. The predicted molar refractivity (Wildman–Crippen MR) is 198 cm³/mol. The molecule has 2 aromatic carbocycles. The van der Waals surface area contributed by atoms with E-state index in [4.69, 9.17) is 9.94 Å². The number of benzene rings is 2. The van der Waals surface area contributed by atoms with E-state index in [1.165, 1.54) is 0 Å². The minimum absolute atomic E-state index is 0.0163. The number of hydrogen-bond donors (Lipinski definition) is 4. The molecule has 6 rings (SSSR count). The number of aromatic hydroxyl groups is 1. The molecule has 0 bridgehead atoms. The van der Waals surface area contributed by atoms with Gasteiger partial charge in [-0.25, -0.2) is 15.1 Å². The van der Waals surface area contributed by atoms with Gasteiger partial charge in [-0.15, -0.1) is 0 Å². The number of amides is 5. The van der Waals surface area contributed by atoms with Gasteiger partial charge in [-0.3, -0.25) is 24.6 Å². The van der Waals surface area contributed by atoms with E-state index >= 15 is 0 Å². The van der Waals surface area contributed by atoms with Crippen molar-refractivity contribution in [3.63, 3.8) is 0 Å². The Bertz CT molecular complexity index is 1640. The number of piperidine rings is 2. The van der Waals surface area contributed by atoms with Gasteiger partial charge >= 0.3 is 12.1 Å². The molecule has 0 radical (unpaired) electrons. The molecule has 4 aliphatic rings. The number of likely N-dealkylation sites (tertiary alicyclic amines) is 2. The van der Waals surface area contributed by atoms with Crippen LogP contribution in [0, 0.1) is 0 Å². The first-order valence-electron chi connectivity index (χ1n) is 18.4. The molecule has 278 valence electrons. The van der Waals surface area contributed by atoms with E-state index in [1.54, 1.807) is 35.3 Å². The number of ether oxygens (including phenoxy) is 1. The molecular weight excluding hydrogens is 665 g/mol. The highest BCUT2D eigenvalue weighted by Crippen LogP contribution is 2.26. The number of para-hydroxylation sites is 1. The Hall–Kier alpha value is -4.60. The maximum Gasteiger partial charge on any atom is 0.410 e. The third-order valence-electron chi connectivity index (χ3n) is 11.0. The van der Waals surface area contributed by atoms with Crippen molar-refractivity contribution in [1.29, 1.82) is 0 Å². The molecule has 1 atom stereocenters. The zero-order valence-corrected chi connectivity index (χ0v) is 30.0. The van der Waals surface area contributed by atoms with E-state index in [0.717, 1.165) is 62.3 Å². The summed E-state index contributed by atoms with van der Waals surface area (Å²) in [7, 11) is 1.79. The standard InChI is InChI=1S/C37H50BN7O7/c1-2-26-21-25(22-30(38)34(26)47)23-32(35(48)43-12-8-28(9-13-43)42-19-17-41(18-20-42)24-33(46)40-51)52-37(50)44-14-10-29(11-15-44)45-16-7-27-5-3-4-6-31(27)39-36(45)49/h2-6,21-22,28-29,32,47,51H,1,7-20,23-24,38H2,(H,39,49)(H,40,46)/t32-/m1/s1. The zero-order valence-electron chi connectivity index (χ0n) is 30.0. The Kier molecular flexibility index (Phi) is 12.0. The Labute approximate surface area is 305 Å². The van der Waals surface area contributed by atoms with Crippen molar-refractivity contribution in [2.45, 2.75) is 56.7 Å². The lowest BCUT2D eigenvalue weighted by atomic mass is 9.89. The molecule has 2 aromatic rings. The fourth-order valence-electron chi connectivity index (χ4n) is 8.03. The van der Waals surface area contributed by atoms with Crippen LogP contribution in [-0.2, 0) is 27.2 Å². The normalized spacial score (nSPS) is 20.0. The molecule has 52 heavy (non-hydrogen) atoms. The number of carbonyl (C=O) groups excluding carboxylic acids is 4. The highest BCUT2D eigenvalue weighted by molar-refractivity contribution is 6.34. The molecule has 14 nitrogen and oxygen atoms in total. The van der Waals surface area contributed by atoms with Crippen molar-refractivity contribution in [3.05, 3.63) is 59.7 Å². The van der Waals surface area contributed by atoms with Crippen LogP contribution in [0.4, 0.5) is 15.3 Å². The molecule has 4 heterocycles. The van der Waals surface area contributed by atoms with E-state index in [9.17, 15) is 24.3 Å². The van der Waals surface area contributed by atoms with E-state index in [-0.39, 0.29) is 36.7 Å². The van der Waals surface area contributed by atoms with Gasteiger partial charge in [-0.2, -0.15) is 0 Å². The molecule has 0 unspecified atom stereocenters. The third-order valence-corrected chi connectivity index (χ3v) is 11.0. The van der Waals surface area contributed by atoms with Gasteiger partial charge in [-0.05, 0) is 60.8 Å². The SMILES string of the molecule is Bc1cc(C[C@@H](OC(=O)N2CCC(N3CCc4ccccc4NC3=O)CC2)C(=O)N2CCC(N3CCN(CC(=O)NO)CC3)CC2)cc(C=C)c1O. The Balaban J connectivity index is 1.07. The predicted octanol–water partition coefficient (Wildman–Crippen LogP) is 1.01. The van der Waals surface area contributed by atoms with Gasteiger partial charge in [0.15, 0.2) is 6.10 Å². The van der Waals surface area contributed by atoms with Gasteiger partial charge in [0.2, 0.25) is 0 Å². The molecule has 0 aliphatic carbocycles. The van der Waals surface area contributed by atoms with Crippen molar-refractivity contribution in [1.82, 2.24) is 30.0 Å². The topological polar surface area (TPSA) is 158 Å². The summed E-state index contributed by atoms with van der Waals surface area (Å²) in [6.45, 7) is 9.49. The molecule has 5 amide bonds. The van der Waals surface area contributed by atoms with Crippen LogP contribution in [0.3, 0.4) is 0 Å². The van der Waals surface area contributed by atoms with E-state index in [1.807, 2.05) is 40.1 Å². The number of rotatable bonds is 9. The quantitative estimate of drug-likeness (QED) is 0.169. The number of nitrogens with zero attached hydrogens (tertiary/aromatic N) is 5. The Morgan fingerprint density at radius 1 is 0.962 bits per heavy atom. The molecule has 3 saturated heterocycles. The minimum Gasteiger partial charge on any atom is -0.508 e. The van der Waals surface area contributed by atoms with Crippen LogP contribution in [0.15, 0.2) is 43.0 Å². The van der Waals surface area contributed by atoms with Crippen LogP contribution >= 0.6 is 0 Å². The van der Waals surface area contributed by atoms with Gasteiger partial charge in [-0.1, -0.05) is 36.9 Å².